The fraction of sp³-hybridized carbons (Fsp3) is 0.250. The number of nitrogens with zero attached hydrogens (tertiary/aromatic N) is 6. The third-order valence-corrected chi connectivity index (χ3v) is 6.21. The monoisotopic (exact) mass is 461 g/mol. The number of tetrazole rings is 1. The van der Waals surface area contributed by atoms with Crippen molar-refractivity contribution in [2.75, 3.05) is 0 Å². The van der Waals surface area contributed by atoms with Gasteiger partial charge >= 0.3 is 0 Å². The van der Waals surface area contributed by atoms with E-state index in [1.54, 1.807) is 0 Å². The second-order valence-corrected chi connectivity index (χ2v) is 8.26. The first-order chi connectivity index (χ1) is 16.2. The van der Waals surface area contributed by atoms with Crippen LogP contribution in [0.15, 0.2) is 54.7 Å². The number of nitrogens with one attached hydrogen (secondary N) is 1. The van der Waals surface area contributed by atoms with Crippen LogP contribution in [-0.2, 0) is 19.6 Å². The van der Waals surface area contributed by atoms with E-state index in [0.29, 0.717) is 23.2 Å². The lowest BCUT2D eigenvalue weighted by Crippen LogP contribution is -2.09. The van der Waals surface area contributed by atoms with Crippen molar-refractivity contribution >= 4 is 22.5 Å². The molecule has 0 spiro atoms. The molecule has 3 heterocycles. The Morgan fingerprint density at radius 2 is 1.97 bits per heavy atom. The van der Waals surface area contributed by atoms with Gasteiger partial charge in [-0.1, -0.05) is 49.2 Å². The number of para-hydroxylation sites is 1. The van der Waals surface area contributed by atoms with E-state index in [1.807, 2.05) is 30.3 Å². The Labute approximate surface area is 195 Å². The van der Waals surface area contributed by atoms with Gasteiger partial charge in [-0.15, -0.1) is 10.2 Å². The lowest BCUT2D eigenvalue weighted by molar-refractivity contribution is 0.271. The topological polar surface area (TPSA) is 97.4 Å². The van der Waals surface area contributed by atoms with Crippen molar-refractivity contribution in [1.82, 2.24) is 34.7 Å². The van der Waals surface area contributed by atoms with E-state index in [4.69, 9.17) is 11.6 Å². The standard InChI is InChI=1S/C24H24ClN7O/c1-2-3-11-22-26-23(25)21(15-33)32(22)14-16-7-6-10-19-17(16)12-13-31(19)20-9-5-4-8-18(20)24-27-29-30-28-24/h4-10,12-13,33H,2-3,11,14-15H2,1H3,(H,27,28,29,30). The van der Waals surface area contributed by atoms with Gasteiger partial charge < -0.3 is 14.2 Å². The van der Waals surface area contributed by atoms with E-state index in [1.165, 1.54) is 0 Å². The number of imidazole rings is 1. The summed E-state index contributed by atoms with van der Waals surface area (Å²) < 4.78 is 4.19. The maximum Gasteiger partial charge on any atom is 0.206 e. The summed E-state index contributed by atoms with van der Waals surface area (Å²) in [5, 5.41) is 26.0. The molecule has 33 heavy (non-hydrogen) atoms. The Bertz CT molecular complexity index is 1390. The van der Waals surface area contributed by atoms with Gasteiger partial charge in [-0.05, 0) is 41.5 Å². The van der Waals surface area contributed by atoms with Crippen LogP contribution in [0.25, 0.3) is 28.0 Å². The fourth-order valence-corrected chi connectivity index (χ4v) is 4.53. The Hall–Kier alpha value is -3.49. The van der Waals surface area contributed by atoms with Gasteiger partial charge in [0.15, 0.2) is 5.15 Å². The van der Waals surface area contributed by atoms with Gasteiger partial charge in [0, 0.05) is 30.1 Å². The van der Waals surface area contributed by atoms with Gasteiger partial charge in [0.1, 0.15) is 5.82 Å². The van der Waals surface area contributed by atoms with Crippen LogP contribution in [0, 0.1) is 0 Å². The summed E-state index contributed by atoms with van der Waals surface area (Å²) in [6, 6.07) is 16.3. The largest absolute Gasteiger partial charge is 0.390 e. The van der Waals surface area contributed by atoms with Crippen LogP contribution in [0.4, 0.5) is 0 Å². The lowest BCUT2D eigenvalue weighted by atomic mass is 10.1. The van der Waals surface area contributed by atoms with Gasteiger partial charge in [0.25, 0.3) is 0 Å². The maximum atomic E-state index is 9.93. The van der Waals surface area contributed by atoms with Crippen LogP contribution >= 0.6 is 11.6 Å². The molecule has 0 atom stereocenters. The predicted molar refractivity (Wildman–Crippen MR) is 127 cm³/mol. The Balaban J connectivity index is 1.59. The number of aromatic nitrogens is 7. The highest BCUT2D eigenvalue weighted by molar-refractivity contribution is 6.30. The summed E-state index contributed by atoms with van der Waals surface area (Å²) in [6.45, 7) is 2.59. The number of unbranched alkanes of at least 4 members (excludes halogenated alkanes) is 1. The molecule has 9 heteroatoms. The average molecular weight is 462 g/mol. The number of aliphatic hydroxyl groups excluding tert-OH is 1. The summed E-state index contributed by atoms with van der Waals surface area (Å²) in [6.07, 6.45) is 4.97. The molecule has 3 aromatic heterocycles. The molecule has 0 saturated heterocycles. The number of benzene rings is 2. The van der Waals surface area contributed by atoms with Gasteiger partial charge in [-0.3, -0.25) is 0 Å². The van der Waals surface area contributed by atoms with Crippen LogP contribution < -0.4 is 0 Å². The smallest absolute Gasteiger partial charge is 0.206 e. The van der Waals surface area contributed by atoms with E-state index in [9.17, 15) is 5.11 Å². The molecule has 0 aliphatic carbocycles. The molecule has 0 amide bonds. The zero-order valence-electron chi connectivity index (χ0n) is 18.2. The van der Waals surface area contributed by atoms with Crippen LogP contribution in [0.1, 0.15) is 36.8 Å². The number of aryl methyl sites for hydroxylation is 1. The molecular formula is C24H24ClN7O. The summed E-state index contributed by atoms with van der Waals surface area (Å²) in [5.74, 6) is 1.45. The van der Waals surface area contributed by atoms with Crippen molar-refractivity contribution in [2.24, 2.45) is 0 Å². The minimum atomic E-state index is -0.146. The van der Waals surface area contributed by atoms with Gasteiger partial charge in [-0.2, -0.15) is 5.21 Å². The molecule has 0 fully saturated rings. The van der Waals surface area contributed by atoms with Crippen molar-refractivity contribution in [3.63, 3.8) is 0 Å². The summed E-state index contributed by atoms with van der Waals surface area (Å²) in [4.78, 5) is 4.53. The van der Waals surface area contributed by atoms with Crippen LogP contribution in [0.2, 0.25) is 5.15 Å². The molecule has 5 rings (SSSR count). The highest BCUT2D eigenvalue weighted by Crippen LogP contribution is 2.30. The SMILES string of the molecule is CCCCc1nc(Cl)c(CO)n1Cc1cccc2c1ccn2-c1ccccc1-c1nn[nH]n1. The molecule has 5 aromatic rings. The van der Waals surface area contributed by atoms with Gasteiger partial charge in [-0.25, -0.2) is 4.98 Å². The molecule has 0 aliphatic heterocycles. The molecule has 0 unspecified atom stereocenters. The highest BCUT2D eigenvalue weighted by Gasteiger charge is 2.18. The van der Waals surface area contributed by atoms with Crippen molar-refractivity contribution < 1.29 is 5.11 Å². The van der Waals surface area contributed by atoms with Crippen molar-refractivity contribution in [3.05, 3.63) is 77.0 Å². The molecule has 0 saturated carbocycles. The highest BCUT2D eigenvalue weighted by atomic mass is 35.5. The molecule has 0 radical (unpaired) electrons. The number of aromatic amines is 1. The Morgan fingerprint density at radius 3 is 2.76 bits per heavy atom. The molecule has 168 valence electrons. The minimum Gasteiger partial charge on any atom is -0.390 e. The van der Waals surface area contributed by atoms with E-state index < -0.39 is 0 Å². The molecule has 2 aromatic carbocycles. The first-order valence-electron chi connectivity index (χ1n) is 11.0. The second kappa shape index (κ2) is 9.17. The normalized spacial score (nSPS) is 11.5. The lowest BCUT2D eigenvalue weighted by Gasteiger charge is -2.13. The maximum absolute atomic E-state index is 9.93. The zero-order valence-corrected chi connectivity index (χ0v) is 19.0. The molecular weight excluding hydrogens is 438 g/mol. The number of hydrogen-bond acceptors (Lipinski definition) is 5. The van der Waals surface area contributed by atoms with E-state index >= 15 is 0 Å². The molecule has 8 nitrogen and oxygen atoms in total. The third kappa shape index (κ3) is 3.92. The van der Waals surface area contributed by atoms with Crippen LogP contribution in [0.3, 0.4) is 0 Å². The minimum absolute atomic E-state index is 0.146. The molecule has 0 bridgehead atoms. The summed E-state index contributed by atoms with van der Waals surface area (Å²) >= 11 is 6.35. The van der Waals surface area contributed by atoms with Gasteiger partial charge in [0.05, 0.1) is 23.5 Å². The number of fused-ring (bicyclic) bond motifs is 1. The Morgan fingerprint density at radius 1 is 1.09 bits per heavy atom. The van der Waals surface area contributed by atoms with E-state index in [-0.39, 0.29) is 6.61 Å². The van der Waals surface area contributed by atoms with Crippen molar-refractivity contribution in [3.8, 4) is 17.1 Å². The van der Waals surface area contributed by atoms with Crippen LogP contribution in [-0.4, -0.2) is 39.8 Å². The predicted octanol–water partition coefficient (Wildman–Crippen LogP) is 4.54. The number of aliphatic hydroxyl groups is 1. The van der Waals surface area contributed by atoms with E-state index in [2.05, 4.69) is 66.1 Å². The number of H-pyrrole nitrogens is 1. The van der Waals surface area contributed by atoms with Gasteiger partial charge in [0.2, 0.25) is 5.82 Å². The average Bonchev–Trinajstić information content (AvgIpc) is 3.57. The second-order valence-electron chi connectivity index (χ2n) is 7.90. The third-order valence-electron chi connectivity index (χ3n) is 5.91. The quantitative estimate of drug-likeness (QED) is 0.353. The number of halogens is 1. The summed E-state index contributed by atoms with van der Waals surface area (Å²) in [7, 11) is 0. The molecule has 2 N–H and O–H groups in total. The Kier molecular flexibility index (Phi) is 5.93. The summed E-state index contributed by atoms with van der Waals surface area (Å²) in [5.41, 5.74) is 4.71. The number of hydrogen-bond donors (Lipinski definition) is 2. The number of rotatable bonds is 8. The van der Waals surface area contributed by atoms with Crippen molar-refractivity contribution in [2.45, 2.75) is 39.3 Å². The first kappa shape index (κ1) is 21.4. The van der Waals surface area contributed by atoms with E-state index in [0.717, 1.165) is 52.8 Å². The zero-order chi connectivity index (χ0) is 22.8. The van der Waals surface area contributed by atoms with Crippen LogP contribution in [0.5, 0.6) is 0 Å². The van der Waals surface area contributed by atoms with Crippen molar-refractivity contribution in [1.29, 1.82) is 0 Å². The first-order valence-corrected chi connectivity index (χ1v) is 11.4. The molecule has 0 aliphatic rings. The fourth-order valence-electron chi connectivity index (χ4n) is 4.27.